The SMILES string of the molecule is C=CC(=O)Oc1cccc(CCCc2cccc(OC(=O)C=C)c2)c1. The molecule has 2 aromatic rings. The van der Waals surface area contributed by atoms with Crippen LogP contribution >= 0.6 is 0 Å². The Kier molecular flexibility index (Phi) is 6.72. The maximum absolute atomic E-state index is 11.2. The van der Waals surface area contributed by atoms with E-state index in [2.05, 4.69) is 13.2 Å². The molecule has 0 bridgehead atoms. The number of benzene rings is 2. The predicted molar refractivity (Wildman–Crippen MR) is 96.6 cm³/mol. The highest BCUT2D eigenvalue weighted by molar-refractivity contribution is 5.83. The monoisotopic (exact) mass is 336 g/mol. The minimum atomic E-state index is -0.469. The Hall–Kier alpha value is -3.14. The summed E-state index contributed by atoms with van der Waals surface area (Å²) in [6.07, 6.45) is 4.88. The second-order valence-electron chi connectivity index (χ2n) is 5.40. The lowest BCUT2D eigenvalue weighted by Gasteiger charge is -2.07. The van der Waals surface area contributed by atoms with Crippen LogP contribution in [0.1, 0.15) is 17.5 Å². The Morgan fingerprint density at radius 2 is 1.24 bits per heavy atom. The maximum Gasteiger partial charge on any atom is 0.335 e. The topological polar surface area (TPSA) is 52.6 Å². The minimum absolute atomic E-state index is 0.469. The van der Waals surface area contributed by atoms with Crippen LogP contribution in [0.25, 0.3) is 0 Å². The van der Waals surface area contributed by atoms with Gasteiger partial charge in [0.1, 0.15) is 11.5 Å². The second kappa shape index (κ2) is 9.23. The van der Waals surface area contributed by atoms with Crippen molar-refractivity contribution in [1.29, 1.82) is 0 Å². The third-order valence-electron chi connectivity index (χ3n) is 3.50. The Labute approximate surface area is 147 Å². The maximum atomic E-state index is 11.2. The summed E-state index contributed by atoms with van der Waals surface area (Å²) in [5, 5.41) is 0. The highest BCUT2D eigenvalue weighted by Gasteiger charge is 2.03. The van der Waals surface area contributed by atoms with Crippen molar-refractivity contribution in [2.24, 2.45) is 0 Å². The van der Waals surface area contributed by atoms with Crippen molar-refractivity contribution < 1.29 is 19.1 Å². The number of carbonyl (C=O) groups is 2. The highest BCUT2D eigenvalue weighted by atomic mass is 16.5. The van der Waals surface area contributed by atoms with E-state index in [1.54, 1.807) is 12.1 Å². The van der Waals surface area contributed by atoms with Crippen molar-refractivity contribution >= 4 is 11.9 Å². The van der Waals surface area contributed by atoms with E-state index >= 15 is 0 Å². The molecule has 0 radical (unpaired) electrons. The average molecular weight is 336 g/mol. The van der Waals surface area contributed by atoms with E-state index in [0.717, 1.165) is 42.5 Å². The van der Waals surface area contributed by atoms with Gasteiger partial charge in [0.2, 0.25) is 0 Å². The molecule has 0 saturated carbocycles. The Bertz CT molecular complexity index is 711. The Morgan fingerprint density at radius 3 is 1.64 bits per heavy atom. The van der Waals surface area contributed by atoms with Crippen LogP contribution in [0, 0.1) is 0 Å². The minimum Gasteiger partial charge on any atom is -0.423 e. The normalized spacial score (nSPS) is 9.92. The summed E-state index contributed by atoms with van der Waals surface area (Å²) in [6.45, 7) is 6.76. The largest absolute Gasteiger partial charge is 0.423 e. The lowest BCUT2D eigenvalue weighted by Crippen LogP contribution is -2.03. The second-order valence-corrected chi connectivity index (χ2v) is 5.40. The van der Waals surface area contributed by atoms with Gasteiger partial charge in [-0.15, -0.1) is 0 Å². The quantitative estimate of drug-likeness (QED) is 0.415. The van der Waals surface area contributed by atoms with E-state index in [9.17, 15) is 9.59 Å². The summed E-state index contributed by atoms with van der Waals surface area (Å²) in [5.74, 6) is 0.0903. The third-order valence-corrected chi connectivity index (χ3v) is 3.50. The molecule has 0 aliphatic carbocycles. The zero-order valence-corrected chi connectivity index (χ0v) is 13.9. The van der Waals surface area contributed by atoms with Gasteiger partial charge in [0.25, 0.3) is 0 Å². The number of esters is 2. The van der Waals surface area contributed by atoms with Crippen molar-refractivity contribution in [3.63, 3.8) is 0 Å². The molecule has 0 heterocycles. The fourth-order valence-electron chi connectivity index (χ4n) is 2.34. The van der Waals surface area contributed by atoms with Crippen molar-refractivity contribution in [3.05, 3.63) is 85.0 Å². The van der Waals surface area contributed by atoms with Crippen molar-refractivity contribution in [2.75, 3.05) is 0 Å². The molecule has 0 atom stereocenters. The van der Waals surface area contributed by atoms with Crippen LogP contribution in [0.2, 0.25) is 0 Å². The number of carbonyl (C=O) groups excluding carboxylic acids is 2. The summed E-state index contributed by atoms with van der Waals surface area (Å²) < 4.78 is 10.2. The number of hydrogen-bond acceptors (Lipinski definition) is 4. The van der Waals surface area contributed by atoms with Crippen molar-refractivity contribution in [2.45, 2.75) is 19.3 Å². The van der Waals surface area contributed by atoms with Gasteiger partial charge in [0.15, 0.2) is 0 Å². The molecule has 4 heteroatoms. The van der Waals surface area contributed by atoms with E-state index in [4.69, 9.17) is 9.47 Å². The van der Waals surface area contributed by atoms with Crippen molar-refractivity contribution in [1.82, 2.24) is 0 Å². The Balaban J connectivity index is 1.90. The average Bonchev–Trinajstić information content (AvgIpc) is 2.62. The van der Waals surface area contributed by atoms with Gasteiger partial charge in [-0.25, -0.2) is 9.59 Å². The van der Waals surface area contributed by atoms with Crippen LogP contribution in [0.3, 0.4) is 0 Å². The molecule has 0 N–H and O–H groups in total. The van der Waals surface area contributed by atoms with E-state index in [1.807, 2.05) is 36.4 Å². The molecular weight excluding hydrogens is 316 g/mol. The molecule has 128 valence electrons. The highest BCUT2D eigenvalue weighted by Crippen LogP contribution is 2.18. The summed E-state index contributed by atoms with van der Waals surface area (Å²) in [5.41, 5.74) is 2.17. The molecule has 0 fully saturated rings. The van der Waals surface area contributed by atoms with Crippen LogP contribution < -0.4 is 9.47 Å². The van der Waals surface area contributed by atoms with Crippen LogP contribution in [-0.4, -0.2) is 11.9 Å². The molecule has 4 nitrogen and oxygen atoms in total. The molecular formula is C21H20O4. The van der Waals surface area contributed by atoms with Gasteiger partial charge in [-0.3, -0.25) is 0 Å². The zero-order valence-electron chi connectivity index (χ0n) is 13.9. The fraction of sp³-hybridized carbons (Fsp3) is 0.143. The van der Waals surface area contributed by atoms with E-state index in [-0.39, 0.29) is 0 Å². The lowest BCUT2D eigenvalue weighted by atomic mass is 10.0. The van der Waals surface area contributed by atoms with E-state index in [0.29, 0.717) is 11.5 Å². The summed E-state index contributed by atoms with van der Waals surface area (Å²) in [4.78, 5) is 22.5. The van der Waals surface area contributed by atoms with E-state index in [1.165, 1.54) is 0 Å². The van der Waals surface area contributed by atoms with Crippen LogP contribution in [0.4, 0.5) is 0 Å². The first kappa shape index (κ1) is 18.2. The number of hydrogen-bond donors (Lipinski definition) is 0. The molecule has 0 amide bonds. The van der Waals surface area contributed by atoms with Gasteiger partial charge < -0.3 is 9.47 Å². The Morgan fingerprint density at radius 1 is 0.800 bits per heavy atom. The molecule has 0 aromatic heterocycles. The smallest absolute Gasteiger partial charge is 0.335 e. The first-order chi connectivity index (χ1) is 12.1. The third kappa shape index (κ3) is 6.11. The summed E-state index contributed by atoms with van der Waals surface area (Å²) >= 11 is 0. The number of ether oxygens (including phenoxy) is 2. The van der Waals surface area contributed by atoms with Gasteiger partial charge in [0, 0.05) is 12.2 Å². The standard InChI is InChI=1S/C21H20O4/c1-3-20(22)24-18-12-6-10-16(14-18)8-5-9-17-11-7-13-19(15-17)25-21(23)4-2/h3-4,6-7,10-15H,1-2,5,8-9H2. The fourth-order valence-corrected chi connectivity index (χ4v) is 2.34. The van der Waals surface area contributed by atoms with Crippen LogP contribution in [-0.2, 0) is 22.4 Å². The van der Waals surface area contributed by atoms with Gasteiger partial charge in [-0.05, 0) is 54.7 Å². The molecule has 25 heavy (non-hydrogen) atoms. The van der Waals surface area contributed by atoms with Gasteiger partial charge >= 0.3 is 11.9 Å². The summed E-state index contributed by atoms with van der Waals surface area (Å²) in [7, 11) is 0. The molecule has 0 spiro atoms. The molecule has 0 aliphatic heterocycles. The van der Waals surface area contributed by atoms with Gasteiger partial charge in [0.05, 0.1) is 0 Å². The van der Waals surface area contributed by atoms with Crippen molar-refractivity contribution in [3.8, 4) is 11.5 Å². The number of aryl methyl sites for hydroxylation is 2. The zero-order chi connectivity index (χ0) is 18.1. The van der Waals surface area contributed by atoms with Gasteiger partial charge in [-0.2, -0.15) is 0 Å². The summed E-state index contributed by atoms with van der Waals surface area (Å²) in [6, 6.07) is 14.9. The lowest BCUT2D eigenvalue weighted by molar-refractivity contribution is -0.129. The first-order valence-electron chi connectivity index (χ1n) is 7.97. The molecule has 2 aromatic carbocycles. The molecule has 0 saturated heterocycles. The first-order valence-corrected chi connectivity index (χ1v) is 7.97. The molecule has 0 unspecified atom stereocenters. The van der Waals surface area contributed by atoms with E-state index < -0.39 is 11.9 Å². The predicted octanol–water partition coefficient (Wildman–Crippen LogP) is 4.04. The number of rotatable bonds is 8. The molecule has 0 aliphatic rings. The van der Waals surface area contributed by atoms with Gasteiger partial charge in [-0.1, -0.05) is 37.4 Å². The van der Waals surface area contributed by atoms with Crippen LogP contribution in [0.5, 0.6) is 11.5 Å². The van der Waals surface area contributed by atoms with Crippen LogP contribution in [0.15, 0.2) is 73.8 Å². The molecule has 2 rings (SSSR count).